The van der Waals surface area contributed by atoms with Crippen LogP contribution in [0.3, 0.4) is 0 Å². The summed E-state index contributed by atoms with van der Waals surface area (Å²) in [5.41, 5.74) is 1.41. The molecule has 1 atom stereocenters. The minimum atomic E-state index is -0.451. The van der Waals surface area contributed by atoms with Crippen LogP contribution in [0.5, 0.6) is 11.5 Å². The predicted octanol–water partition coefficient (Wildman–Crippen LogP) is 4.00. The zero-order valence-corrected chi connectivity index (χ0v) is 16.1. The summed E-state index contributed by atoms with van der Waals surface area (Å²) < 4.78 is 18.9. The molecule has 1 aromatic heterocycles. The van der Waals surface area contributed by atoms with Crippen LogP contribution in [-0.4, -0.2) is 28.2 Å². The van der Waals surface area contributed by atoms with Gasteiger partial charge in [-0.05, 0) is 48.0 Å². The summed E-state index contributed by atoms with van der Waals surface area (Å²) in [6.07, 6.45) is 3.55. The molecule has 0 saturated carbocycles. The van der Waals surface area contributed by atoms with Crippen LogP contribution in [-0.2, 0) is 16.1 Å². The number of likely N-dealkylation sites (tertiary alicyclic amines) is 1. The van der Waals surface area contributed by atoms with Crippen molar-refractivity contribution in [2.24, 2.45) is 5.92 Å². The van der Waals surface area contributed by atoms with E-state index >= 15 is 0 Å². The summed E-state index contributed by atoms with van der Waals surface area (Å²) in [6.45, 7) is 0.779. The fourth-order valence-electron chi connectivity index (χ4n) is 3.34. The Hall–Kier alpha value is -3.74. The van der Waals surface area contributed by atoms with Gasteiger partial charge in [-0.3, -0.25) is 14.6 Å². The number of aromatic nitrogens is 1. The molecule has 2 amide bonds. The van der Waals surface area contributed by atoms with Crippen LogP contribution in [0.2, 0.25) is 0 Å². The molecule has 2 aromatic carbocycles. The first kappa shape index (κ1) is 19.6. The molecule has 0 radical (unpaired) electrons. The SMILES string of the molecule is O=C(Nc1ccccc1Oc1ccc(F)cc1)C1CC(=O)N(Cc2cccnc2)C1. The molecule has 1 saturated heterocycles. The van der Waals surface area contributed by atoms with Crippen molar-refractivity contribution in [3.63, 3.8) is 0 Å². The number of benzene rings is 2. The van der Waals surface area contributed by atoms with Gasteiger partial charge in [0.25, 0.3) is 0 Å². The van der Waals surface area contributed by atoms with Gasteiger partial charge in [-0.2, -0.15) is 0 Å². The summed E-state index contributed by atoms with van der Waals surface area (Å²) in [5.74, 6) is -0.216. The predicted molar refractivity (Wildman–Crippen MR) is 109 cm³/mol. The summed E-state index contributed by atoms with van der Waals surface area (Å²) in [7, 11) is 0. The summed E-state index contributed by atoms with van der Waals surface area (Å²) in [4.78, 5) is 30.9. The van der Waals surface area contributed by atoms with Gasteiger partial charge in [-0.25, -0.2) is 4.39 Å². The normalized spacial score (nSPS) is 15.8. The Labute approximate surface area is 173 Å². The number of carbonyl (C=O) groups excluding carboxylic acids is 2. The molecule has 6 nitrogen and oxygen atoms in total. The molecule has 1 aliphatic rings. The van der Waals surface area contributed by atoms with Gasteiger partial charge in [0, 0.05) is 31.9 Å². The molecule has 0 aliphatic carbocycles. The molecule has 7 heteroatoms. The number of ether oxygens (including phenoxy) is 1. The third kappa shape index (κ3) is 4.63. The Kier molecular flexibility index (Phi) is 5.70. The number of nitrogens with zero attached hydrogens (tertiary/aromatic N) is 2. The van der Waals surface area contributed by atoms with Gasteiger partial charge >= 0.3 is 0 Å². The molecule has 30 heavy (non-hydrogen) atoms. The molecular weight excluding hydrogens is 385 g/mol. The largest absolute Gasteiger partial charge is 0.455 e. The van der Waals surface area contributed by atoms with E-state index in [2.05, 4.69) is 10.3 Å². The van der Waals surface area contributed by atoms with Crippen molar-refractivity contribution < 1.29 is 18.7 Å². The van der Waals surface area contributed by atoms with E-state index in [1.807, 2.05) is 12.1 Å². The van der Waals surface area contributed by atoms with Crippen molar-refractivity contribution in [1.82, 2.24) is 9.88 Å². The summed E-state index contributed by atoms with van der Waals surface area (Å²) in [5, 5.41) is 2.86. The molecule has 1 unspecified atom stereocenters. The minimum absolute atomic E-state index is 0.0603. The third-order valence-corrected chi connectivity index (χ3v) is 4.87. The van der Waals surface area contributed by atoms with Gasteiger partial charge in [0.15, 0.2) is 5.75 Å². The molecule has 1 fully saturated rings. The van der Waals surface area contributed by atoms with E-state index in [0.717, 1.165) is 5.56 Å². The monoisotopic (exact) mass is 405 g/mol. The summed E-state index contributed by atoms with van der Waals surface area (Å²) >= 11 is 0. The number of halogens is 1. The number of pyridine rings is 1. The van der Waals surface area contributed by atoms with Crippen LogP contribution < -0.4 is 10.1 Å². The van der Waals surface area contributed by atoms with Crippen molar-refractivity contribution >= 4 is 17.5 Å². The molecule has 3 aromatic rings. The first-order valence-electron chi connectivity index (χ1n) is 9.58. The Balaban J connectivity index is 1.42. The van der Waals surface area contributed by atoms with Crippen LogP contribution in [0.25, 0.3) is 0 Å². The highest BCUT2D eigenvalue weighted by molar-refractivity contribution is 5.98. The number of para-hydroxylation sites is 2. The van der Waals surface area contributed by atoms with Gasteiger partial charge in [0.2, 0.25) is 11.8 Å². The molecule has 152 valence electrons. The second-order valence-electron chi connectivity index (χ2n) is 7.08. The van der Waals surface area contributed by atoms with Crippen molar-refractivity contribution in [3.8, 4) is 11.5 Å². The Morgan fingerprint density at radius 2 is 1.93 bits per heavy atom. The van der Waals surface area contributed by atoms with Crippen LogP contribution in [0.15, 0.2) is 73.1 Å². The van der Waals surface area contributed by atoms with E-state index in [9.17, 15) is 14.0 Å². The zero-order chi connectivity index (χ0) is 20.9. The topological polar surface area (TPSA) is 71.5 Å². The van der Waals surface area contributed by atoms with E-state index in [1.54, 1.807) is 41.6 Å². The lowest BCUT2D eigenvalue weighted by molar-refractivity contribution is -0.128. The molecule has 2 heterocycles. The number of carbonyl (C=O) groups is 2. The van der Waals surface area contributed by atoms with Crippen LogP contribution in [0.4, 0.5) is 10.1 Å². The number of hydrogen-bond acceptors (Lipinski definition) is 4. The quantitative estimate of drug-likeness (QED) is 0.673. The lowest BCUT2D eigenvalue weighted by Gasteiger charge is -2.17. The maximum atomic E-state index is 13.1. The highest BCUT2D eigenvalue weighted by Crippen LogP contribution is 2.30. The number of rotatable bonds is 6. The number of hydrogen-bond donors (Lipinski definition) is 1. The highest BCUT2D eigenvalue weighted by Gasteiger charge is 2.34. The molecule has 0 spiro atoms. The van der Waals surface area contributed by atoms with Crippen LogP contribution in [0.1, 0.15) is 12.0 Å². The molecule has 4 rings (SSSR count). The van der Waals surface area contributed by atoms with Crippen molar-refractivity contribution in [3.05, 3.63) is 84.4 Å². The molecule has 1 aliphatic heterocycles. The number of amides is 2. The van der Waals surface area contributed by atoms with Gasteiger partial charge in [-0.1, -0.05) is 18.2 Å². The van der Waals surface area contributed by atoms with Crippen LogP contribution in [0, 0.1) is 11.7 Å². The van der Waals surface area contributed by atoms with Gasteiger partial charge in [-0.15, -0.1) is 0 Å². The maximum Gasteiger partial charge on any atom is 0.229 e. The Morgan fingerprint density at radius 1 is 1.13 bits per heavy atom. The summed E-state index contributed by atoms with van der Waals surface area (Å²) in [6, 6.07) is 16.4. The second kappa shape index (κ2) is 8.73. The maximum absolute atomic E-state index is 13.1. The second-order valence-corrected chi connectivity index (χ2v) is 7.08. The zero-order valence-electron chi connectivity index (χ0n) is 16.1. The smallest absolute Gasteiger partial charge is 0.229 e. The number of anilines is 1. The average molecular weight is 405 g/mol. The minimum Gasteiger partial charge on any atom is -0.455 e. The lowest BCUT2D eigenvalue weighted by Crippen LogP contribution is -2.28. The van der Waals surface area contributed by atoms with Crippen molar-refractivity contribution in [1.29, 1.82) is 0 Å². The number of nitrogens with one attached hydrogen (secondary N) is 1. The van der Waals surface area contributed by atoms with Gasteiger partial charge in [0.1, 0.15) is 11.6 Å². The van der Waals surface area contributed by atoms with E-state index in [0.29, 0.717) is 30.3 Å². The van der Waals surface area contributed by atoms with Gasteiger partial charge < -0.3 is 15.0 Å². The van der Waals surface area contributed by atoms with E-state index in [1.165, 1.54) is 24.3 Å². The Bertz CT molecular complexity index is 1040. The first-order chi connectivity index (χ1) is 14.6. The molecule has 0 bridgehead atoms. The average Bonchev–Trinajstić information content (AvgIpc) is 3.12. The third-order valence-electron chi connectivity index (χ3n) is 4.87. The van der Waals surface area contributed by atoms with Crippen LogP contribution >= 0.6 is 0 Å². The van der Waals surface area contributed by atoms with E-state index in [4.69, 9.17) is 4.74 Å². The van der Waals surface area contributed by atoms with E-state index in [-0.39, 0.29) is 24.1 Å². The van der Waals surface area contributed by atoms with Gasteiger partial charge in [0.05, 0.1) is 11.6 Å². The fourth-order valence-corrected chi connectivity index (χ4v) is 3.34. The van der Waals surface area contributed by atoms with Crippen molar-refractivity contribution in [2.45, 2.75) is 13.0 Å². The fraction of sp³-hybridized carbons (Fsp3) is 0.174. The Morgan fingerprint density at radius 3 is 2.70 bits per heavy atom. The standard InChI is InChI=1S/C23H20FN3O3/c24-18-7-9-19(10-8-18)30-21-6-2-1-5-20(21)26-23(29)17-12-22(28)27(15-17)14-16-4-3-11-25-13-16/h1-11,13,17H,12,14-15H2,(H,26,29). The van der Waals surface area contributed by atoms with Crippen molar-refractivity contribution in [2.75, 3.05) is 11.9 Å². The molecule has 1 N–H and O–H groups in total. The highest BCUT2D eigenvalue weighted by atomic mass is 19.1. The van der Waals surface area contributed by atoms with E-state index < -0.39 is 5.92 Å². The molecular formula is C23H20FN3O3. The lowest BCUT2D eigenvalue weighted by atomic mass is 10.1. The first-order valence-corrected chi connectivity index (χ1v) is 9.58.